The second-order valence-electron chi connectivity index (χ2n) is 8.36. The highest BCUT2D eigenvalue weighted by Gasteiger charge is 2.39. The molecule has 2 aliphatic heterocycles. The van der Waals surface area contributed by atoms with Crippen LogP contribution in [0.3, 0.4) is 0 Å². The van der Waals surface area contributed by atoms with Crippen LogP contribution in [0.5, 0.6) is 0 Å². The summed E-state index contributed by atoms with van der Waals surface area (Å²) in [4.78, 5) is 25.6. The van der Waals surface area contributed by atoms with Crippen molar-refractivity contribution in [2.75, 3.05) is 54.0 Å². The van der Waals surface area contributed by atoms with Gasteiger partial charge in [0.05, 0.1) is 30.3 Å². The molecule has 0 saturated carbocycles. The SMILES string of the molecule is C.N=C(N)CC(=O)OCc1cccc(N2CCN(c3cnc(N4CCC(F)(F)C4)nc3)CC2)c1F. The summed E-state index contributed by atoms with van der Waals surface area (Å²) in [6.45, 7) is 1.91. The fourth-order valence-corrected chi connectivity index (χ4v) is 4.04. The minimum absolute atomic E-state index is 0. The summed E-state index contributed by atoms with van der Waals surface area (Å²) in [6, 6.07) is 4.92. The van der Waals surface area contributed by atoms with Crippen molar-refractivity contribution in [2.24, 2.45) is 5.73 Å². The van der Waals surface area contributed by atoms with E-state index >= 15 is 4.39 Å². The van der Waals surface area contributed by atoms with Gasteiger partial charge >= 0.3 is 5.97 Å². The quantitative estimate of drug-likeness (QED) is 0.344. The normalized spacial score (nSPS) is 17.2. The van der Waals surface area contributed by atoms with Crippen molar-refractivity contribution in [1.29, 1.82) is 5.41 Å². The molecule has 0 spiro atoms. The highest BCUT2D eigenvalue weighted by Crippen LogP contribution is 2.30. The van der Waals surface area contributed by atoms with Crippen LogP contribution in [0.25, 0.3) is 0 Å². The van der Waals surface area contributed by atoms with E-state index in [4.69, 9.17) is 15.9 Å². The molecule has 0 unspecified atom stereocenters. The van der Waals surface area contributed by atoms with Crippen LogP contribution in [-0.2, 0) is 16.1 Å². The first-order valence-electron chi connectivity index (χ1n) is 10.9. The van der Waals surface area contributed by atoms with E-state index in [1.54, 1.807) is 30.6 Å². The molecular weight excluding hydrogens is 463 g/mol. The number of benzene rings is 1. The van der Waals surface area contributed by atoms with Crippen LogP contribution in [0.4, 0.5) is 30.5 Å². The number of hydrogen-bond acceptors (Lipinski definition) is 8. The largest absolute Gasteiger partial charge is 0.460 e. The Morgan fingerprint density at radius 2 is 1.74 bits per heavy atom. The predicted molar refractivity (Wildman–Crippen MR) is 128 cm³/mol. The molecule has 2 saturated heterocycles. The number of rotatable bonds is 7. The molecule has 1 aromatic heterocycles. The molecule has 12 heteroatoms. The Hall–Kier alpha value is -3.57. The maximum absolute atomic E-state index is 15.0. The molecule has 2 aromatic rings. The number of halogens is 3. The zero-order valence-electron chi connectivity index (χ0n) is 18.5. The first-order valence-corrected chi connectivity index (χ1v) is 10.9. The molecule has 35 heavy (non-hydrogen) atoms. The number of esters is 1. The van der Waals surface area contributed by atoms with Crippen LogP contribution in [0.15, 0.2) is 30.6 Å². The van der Waals surface area contributed by atoms with E-state index in [9.17, 15) is 13.6 Å². The minimum atomic E-state index is -2.71. The lowest BCUT2D eigenvalue weighted by molar-refractivity contribution is -0.143. The number of ether oxygens (including phenoxy) is 1. The van der Waals surface area contributed by atoms with Crippen LogP contribution < -0.4 is 20.4 Å². The first-order chi connectivity index (χ1) is 16.2. The van der Waals surface area contributed by atoms with Gasteiger partial charge in [-0.15, -0.1) is 0 Å². The molecule has 2 aliphatic rings. The maximum atomic E-state index is 15.0. The Kier molecular flexibility index (Phi) is 8.03. The Balaban J connectivity index is 0.00000342. The van der Waals surface area contributed by atoms with Crippen LogP contribution in [-0.4, -0.2) is 67.0 Å². The third-order valence-corrected chi connectivity index (χ3v) is 5.84. The van der Waals surface area contributed by atoms with E-state index in [-0.39, 0.29) is 51.4 Å². The minimum Gasteiger partial charge on any atom is -0.460 e. The zero-order chi connectivity index (χ0) is 24.3. The Labute approximate surface area is 202 Å². The number of nitrogens with zero attached hydrogens (tertiary/aromatic N) is 5. The molecule has 4 rings (SSSR count). The summed E-state index contributed by atoms with van der Waals surface area (Å²) in [6.07, 6.45) is 2.73. The highest BCUT2D eigenvalue weighted by molar-refractivity contribution is 5.94. The molecule has 0 amide bonds. The van der Waals surface area contributed by atoms with Gasteiger partial charge in [0.25, 0.3) is 5.92 Å². The third kappa shape index (κ3) is 6.31. The Morgan fingerprint density at radius 3 is 2.34 bits per heavy atom. The van der Waals surface area contributed by atoms with Gasteiger partial charge in [-0.05, 0) is 6.07 Å². The van der Waals surface area contributed by atoms with E-state index in [2.05, 4.69) is 14.9 Å². The number of piperazine rings is 1. The number of amidine groups is 1. The molecular formula is C23H30F3N7O2. The topological polar surface area (TPSA) is 112 Å². The number of carbonyl (C=O) groups excluding carboxylic acids is 1. The summed E-state index contributed by atoms with van der Waals surface area (Å²) >= 11 is 0. The fourth-order valence-electron chi connectivity index (χ4n) is 4.04. The fraction of sp³-hybridized carbons (Fsp3) is 0.478. The van der Waals surface area contributed by atoms with Gasteiger partial charge in [-0.25, -0.2) is 23.1 Å². The third-order valence-electron chi connectivity index (χ3n) is 5.84. The smallest absolute Gasteiger partial charge is 0.313 e. The van der Waals surface area contributed by atoms with E-state index < -0.39 is 17.7 Å². The van der Waals surface area contributed by atoms with Crippen molar-refractivity contribution in [2.45, 2.75) is 32.8 Å². The second kappa shape index (κ2) is 10.8. The van der Waals surface area contributed by atoms with E-state index in [1.807, 2.05) is 4.90 Å². The molecule has 1 aromatic carbocycles. The first kappa shape index (κ1) is 26.0. The summed E-state index contributed by atoms with van der Waals surface area (Å²) < 4.78 is 46.9. The van der Waals surface area contributed by atoms with Gasteiger partial charge in [-0.2, -0.15) is 0 Å². The lowest BCUT2D eigenvalue weighted by Gasteiger charge is -2.37. The number of alkyl halides is 2. The standard InChI is InChI=1S/C22H26F3N7O2.CH4/c23-20-15(13-34-19(33)10-18(26)27)2-1-3-17(20)31-8-6-30(7-9-31)16-11-28-21(29-12-16)32-5-4-22(24,25)14-32;/h1-3,11-12H,4-10,13-14H2,(H3,26,27);1H4. The lowest BCUT2D eigenvalue weighted by Crippen LogP contribution is -2.47. The number of hydrogen-bond donors (Lipinski definition) is 2. The van der Waals surface area contributed by atoms with Crippen LogP contribution in [0, 0.1) is 11.2 Å². The van der Waals surface area contributed by atoms with Crippen LogP contribution in [0.2, 0.25) is 0 Å². The predicted octanol–water partition coefficient (Wildman–Crippen LogP) is 2.79. The Morgan fingerprint density at radius 1 is 1.09 bits per heavy atom. The van der Waals surface area contributed by atoms with Crippen molar-refractivity contribution < 1.29 is 22.7 Å². The summed E-state index contributed by atoms with van der Waals surface area (Å²) in [5, 5.41) is 7.12. The summed E-state index contributed by atoms with van der Waals surface area (Å²) in [7, 11) is 0. The van der Waals surface area contributed by atoms with Gasteiger partial charge in [-0.1, -0.05) is 19.6 Å². The average Bonchev–Trinajstić information content (AvgIpc) is 3.18. The van der Waals surface area contributed by atoms with Gasteiger partial charge in [0, 0.05) is 44.7 Å². The van der Waals surface area contributed by atoms with Crippen molar-refractivity contribution in [3.05, 3.63) is 42.0 Å². The monoisotopic (exact) mass is 493 g/mol. The number of nitrogens with two attached hydrogens (primary N) is 1. The van der Waals surface area contributed by atoms with Crippen molar-refractivity contribution >= 4 is 29.1 Å². The van der Waals surface area contributed by atoms with Crippen molar-refractivity contribution in [3.8, 4) is 0 Å². The van der Waals surface area contributed by atoms with Gasteiger partial charge in [0.2, 0.25) is 5.95 Å². The van der Waals surface area contributed by atoms with Crippen LogP contribution >= 0.6 is 0 Å². The molecule has 3 heterocycles. The summed E-state index contributed by atoms with van der Waals surface area (Å²) in [5.41, 5.74) is 6.61. The zero-order valence-corrected chi connectivity index (χ0v) is 18.5. The highest BCUT2D eigenvalue weighted by atomic mass is 19.3. The van der Waals surface area contributed by atoms with Gasteiger partial charge < -0.3 is 25.2 Å². The van der Waals surface area contributed by atoms with Crippen molar-refractivity contribution in [3.63, 3.8) is 0 Å². The molecule has 0 atom stereocenters. The molecule has 2 fully saturated rings. The van der Waals surface area contributed by atoms with Crippen LogP contribution in [0.1, 0.15) is 25.8 Å². The number of anilines is 3. The maximum Gasteiger partial charge on any atom is 0.313 e. The molecule has 190 valence electrons. The van der Waals surface area contributed by atoms with Crippen molar-refractivity contribution in [1.82, 2.24) is 9.97 Å². The lowest BCUT2D eigenvalue weighted by atomic mass is 10.1. The second-order valence-corrected chi connectivity index (χ2v) is 8.36. The van der Waals surface area contributed by atoms with E-state index in [0.717, 1.165) is 5.69 Å². The molecule has 3 N–H and O–H groups in total. The molecule has 0 bridgehead atoms. The van der Waals surface area contributed by atoms with E-state index in [0.29, 0.717) is 37.8 Å². The molecule has 9 nitrogen and oxygen atoms in total. The number of nitrogens with one attached hydrogen (secondary N) is 1. The van der Waals surface area contributed by atoms with Gasteiger partial charge in [-0.3, -0.25) is 10.2 Å². The number of aromatic nitrogens is 2. The average molecular weight is 494 g/mol. The molecule has 0 radical (unpaired) electrons. The van der Waals surface area contributed by atoms with E-state index in [1.165, 1.54) is 4.90 Å². The number of carbonyl (C=O) groups is 1. The summed E-state index contributed by atoms with van der Waals surface area (Å²) in [5.74, 6) is -3.86. The van der Waals surface area contributed by atoms with Gasteiger partial charge in [0.1, 0.15) is 18.9 Å². The van der Waals surface area contributed by atoms with Gasteiger partial charge in [0.15, 0.2) is 5.82 Å². The molecule has 0 aliphatic carbocycles. The Bertz CT molecular complexity index is 1040.